The van der Waals surface area contributed by atoms with Crippen molar-refractivity contribution in [2.24, 2.45) is 0 Å². The Morgan fingerprint density at radius 3 is 2.50 bits per heavy atom. The smallest absolute Gasteiger partial charge is 0.134 e. The molecule has 0 atom stereocenters. The van der Waals surface area contributed by atoms with Gasteiger partial charge in [-0.2, -0.15) is 0 Å². The lowest BCUT2D eigenvalue weighted by Crippen LogP contribution is -2.17. The van der Waals surface area contributed by atoms with E-state index >= 15 is 0 Å². The maximum atomic E-state index is 5.80. The highest BCUT2D eigenvalue weighted by Crippen LogP contribution is 2.36. The Balaban J connectivity index is 1.64. The summed E-state index contributed by atoms with van der Waals surface area (Å²) in [4.78, 5) is 0. The molecule has 0 radical (unpaired) electrons. The summed E-state index contributed by atoms with van der Waals surface area (Å²) in [6.07, 6.45) is 6.25. The molecule has 0 saturated heterocycles. The van der Waals surface area contributed by atoms with E-state index in [1.807, 2.05) is 12.1 Å². The average Bonchev–Trinajstić information content (AvgIpc) is 3.25. The maximum Gasteiger partial charge on any atom is 0.134 e. The van der Waals surface area contributed by atoms with Gasteiger partial charge in [-0.1, -0.05) is 0 Å². The number of hydrogen-bond acceptors (Lipinski definition) is 3. The van der Waals surface area contributed by atoms with Gasteiger partial charge in [0.25, 0.3) is 0 Å². The standard InChI is InChI=1S/C15H21Br2NO2/c1-19-14-9-13(17)15(10-12(14)16)20-8-4-2-3-7-18-11-5-6-11/h9-11,18H,2-8H2,1H3. The average molecular weight is 407 g/mol. The molecule has 1 aromatic carbocycles. The molecule has 1 fully saturated rings. The number of ether oxygens (including phenoxy) is 2. The number of nitrogens with one attached hydrogen (secondary N) is 1. The molecule has 0 heterocycles. The van der Waals surface area contributed by atoms with Gasteiger partial charge in [0, 0.05) is 6.04 Å². The summed E-state index contributed by atoms with van der Waals surface area (Å²) in [6.45, 7) is 1.89. The van der Waals surface area contributed by atoms with Crippen molar-refractivity contribution in [1.29, 1.82) is 0 Å². The van der Waals surface area contributed by atoms with Crippen LogP contribution >= 0.6 is 31.9 Å². The van der Waals surface area contributed by atoms with Crippen molar-refractivity contribution in [2.45, 2.75) is 38.1 Å². The Morgan fingerprint density at radius 1 is 1.10 bits per heavy atom. The summed E-state index contributed by atoms with van der Waals surface area (Å²) in [5.41, 5.74) is 0. The van der Waals surface area contributed by atoms with E-state index in [0.717, 1.165) is 46.1 Å². The van der Waals surface area contributed by atoms with Crippen molar-refractivity contribution in [3.63, 3.8) is 0 Å². The van der Waals surface area contributed by atoms with Crippen LogP contribution in [0.1, 0.15) is 32.1 Å². The molecule has 1 aromatic rings. The van der Waals surface area contributed by atoms with Gasteiger partial charge in [-0.25, -0.2) is 0 Å². The number of rotatable bonds is 9. The van der Waals surface area contributed by atoms with E-state index in [2.05, 4.69) is 37.2 Å². The zero-order chi connectivity index (χ0) is 14.4. The lowest BCUT2D eigenvalue weighted by Gasteiger charge is -2.11. The molecule has 3 nitrogen and oxygen atoms in total. The topological polar surface area (TPSA) is 30.5 Å². The molecular formula is C15H21Br2NO2. The van der Waals surface area contributed by atoms with E-state index in [-0.39, 0.29) is 0 Å². The number of methoxy groups -OCH3 is 1. The lowest BCUT2D eigenvalue weighted by molar-refractivity contribution is 0.302. The van der Waals surface area contributed by atoms with Crippen molar-refractivity contribution < 1.29 is 9.47 Å². The Bertz CT molecular complexity index is 436. The highest BCUT2D eigenvalue weighted by atomic mass is 79.9. The lowest BCUT2D eigenvalue weighted by atomic mass is 10.2. The SMILES string of the molecule is COc1cc(Br)c(OCCCCCNC2CC2)cc1Br. The van der Waals surface area contributed by atoms with Gasteiger partial charge in [-0.3, -0.25) is 0 Å². The minimum Gasteiger partial charge on any atom is -0.496 e. The van der Waals surface area contributed by atoms with Gasteiger partial charge in [0.05, 0.1) is 22.7 Å². The van der Waals surface area contributed by atoms with E-state index in [1.165, 1.54) is 25.7 Å². The molecule has 1 aliphatic carbocycles. The van der Waals surface area contributed by atoms with Crippen LogP contribution in [-0.2, 0) is 0 Å². The van der Waals surface area contributed by atoms with Crippen LogP contribution in [0.4, 0.5) is 0 Å². The second-order valence-electron chi connectivity index (χ2n) is 5.05. The molecule has 1 aliphatic rings. The van der Waals surface area contributed by atoms with Gasteiger partial charge in [0.2, 0.25) is 0 Å². The molecule has 0 bridgehead atoms. The first-order chi connectivity index (χ1) is 9.70. The summed E-state index contributed by atoms with van der Waals surface area (Å²) < 4.78 is 12.9. The monoisotopic (exact) mass is 405 g/mol. The van der Waals surface area contributed by atoms with Crippen LogP contribution in [0.15, 0.2) is 21.1 Å². The van der Waals surface area contributed by atoms with Gasteiger partial charge in [-0.05, 0) is 82.6 Å². The molecule has 0 aliphatic heterocycles. The molecule has 20 heavy (non-hydrogen) atoms. The fourth-order valence-corrected chi connectivity index (χ4v) is 2.88. The number of unbranched alkanes of at least 4 members (excludes halogenated alkanes) is 2. The van der Waals surface area contributed by atoms with E-state index in [9.17, 15) is 0 Å². The van der Waals surface area contributed by atoms with Crippen molar-refractivity contribution in [2.75, 3.05) is 20.3 Å². The minimum absolute atomic E-state index is 0.751. The molecule has 112 valence electrons. The van der Waals surface area contributed by atoms with Crippen LogP contribution < -0.4 is 14.8 Å². The molecule has 0 aromatic heterocycles. The second-order valence-corrected chi connectivity index (χ2v) is 6.76. The van der Waals surface area contributed by atoms with E-state index in [0.29, 0.717) is 0 Å². The van der Waals surface area contributed by atoms with E-state index in [1.54, 1.807) is 7.11 Å². The van der Waals surface area contributed by atoms with Gasteiger partial charge in [-0.15, -0.1) is 0 Å². The highest BCUT2D eigenvalue weighted by molar-refractivity contribution is 9.11. The van der Waals surface area contributed by atoms with Gasteiger partial charge in [0.15, 0.2) is 0 Å². The van der Waals surface area contributed by atoms with Crippen molar-refractivity contribution in [3.8, 4) is 11.5 Å². The third-order valence-corrected chi connectivity index (χ3v) is 4.53. The van der Waals surface area contributed by atoms with Crippen LogP contribution in [0.2, 0.25) is 0 Å². The van der Waals surface area contributed by atoms with Crippen LogP contribution in [0.3, 0.4) is 0 Å². The van der Waals surface area contributed by atoms with Crippen molar-refractivity contribution >= 4 is 31.9 Å². The maximum absolute atomic E-state index is 5.80. The van der Waals surface area contributed by atoms with Gasteiger partial charge in [0.1, 0.15) is 11.5 Å². The quantitative estimate of drug-likeness (QED) is 0.611. The minimum atomic E-state index is 0.751. The Kier molecular flexibility index (Phi) is 6.65. The first-order valence-corrected chi connectivity index (χ1v) is 8.68. The zero-order valence-corrected chi connectivity index (χ0v) is 14.9. The fraction of sp³-hybridized carbons (Fsp3) is 0.600. The van der Waals surface area contributed by atoms with E-state index < -0.39 is 0 Å². The third kappa shape index (κ3) is 5.26. The van der Waals surface area contributed by atoms with Crippen LogP contribution in [0.25, 0.3) is 0 Å². The first-order valence-electron chi connectivity index (χ1n) is 7.10. The third-order valence-electron chi connectivity index (χ3n) is 3.30. The molecular weight excluding hydrogens is 386 g/mol. The first kappa shape index (κ1) is 16.1. The molecule has 2 rings (SSSR count). The Hall–Kier alpha value is -0.260. The molecule has 0 unspecified atom stereocenters. The number of hydrogen-bond donors (Lipinski definition) is 1. The molecule has 1 saturated carbocycles. The predicted octanol–water partition coefficient (Wildman–Crippen LogP) is 4.52. The Morgan fingerprint density at radius 2 is 1.80 bits per heavy atom. The molecule has 0 spiro atoms. The molecule has 0 amide bonds. The zero-order valence-electron chi connectivity index (χ0n) is 11.8. The molecule has 5 heteroatoms. The summed E-state index contributed by atoms with van der Waals surface area (Å²) in [5, 5.41) is 3.53. The second kappa shape index (κ2) is 8.25. The van der Waals surface area contributed by atoms with Crippen molar-refractivity contribution in [1.82, 2.24) is 5.32 Å². The van der Waals surface area contributed by atoms with Gasteiger partial charge >= 0.3 is 0 Å². The summed E-state index contributed by atoms with van der Waals surface area (Å²) >= 11 is 6.97. The molecule has 1 N–H and O–H groups in total. The van der Waals surface area contributed by atoms with Crippen LogP contribution in [-0.4, -0.2) is 26.3 Å². The number of benzene rings is 1. The predicted molar refractivity (Wildman–Crippen MR) is 88.8 cm³/mol. The van der Waals surface area contributed by atoms with Crippen molar-refractivity contribution in [3.05, 3.63) is 21.1 Å². The summed E-state index contributed by atoms with van der Waals surface area (Å²) in [6, 6.07) is 4.68. The largest absolute Gasteiger partial charge is 0.496 e. The number of halogens is 2. The summed E-state index contributed by atoms with van der Waals surface area (Å²) in [7, 11) is 1.66. The normalized spacial score (nSPS) is 14.3. The van der Waals surface area contributed by atoms with E-state index in [4.69, 9.17) is 9.47 Å². The van der Waals surface area contributed by atoms with Crippen LogP contribution in [0.5, 0.6) is 11.5 Å². The Labute approximate surface area is 137 Å². The fourth-order valence-electron chi connectivity index (χ4n) is 1.96. The highest BCUT2D eigenvalue weighted by Gasteiger charge is 2.19. The summed E-state index contributed by atoms with van der Waals surface area (Å²) in [5.74, 6) is 1.66. The van der Waals surface area contributed by atoms with Crippen LogP contribution in [0, 0.1) is 0 Å². The van der Waals surface area contributed by atoms with Gasteiger partial charge < -0.3 is 14.8 Å².